The molecule has 0 aliphatic carbocycles. The molecule has 0 saturated heterocycles. The summed E-state index contributed by atoms with van der Waals surface area (Å²) >= 11 is 0. The van der Waals surface area contributed by atoms with Gasteiger partial charge in [0.25, 0.3) is 0 Å². The monoisotopic (exact) mass is 509 g/mol. The summed E-state index contributed by atoms with van der Waals surface area (Å²) in [5, 5.41) is 7.49. The van der Waals surface area contributed by atoms with E-state index in [1.54, 1.807) is 0 Å². The Morgan fingerprint density at radius 3 is 1.90 bits per heavy atom. The molecule has 0 radical (unpaired) electrons. The van der Waals surface area contributed by atoms with Crippen molar-refractivity contribution in [1.82, 2.24) is 14.0 Å². The van der Waals surface area contributed by atoms with Crippen LogP contribution in [0.1, 0.15) is 0 Å². The lowest BCUT2D eigenvalue weighted by atomic mass is 10.0. The Balaban J connectivity index is 1.54. The summed E-state index contributed by atoms with van der Waals surface area (Å²) in [6, 6.07) is 45.9. The van der Waals surface area contributed by atoms with Crippen molar-refractivity contribution >= 4 is 59.9 Å². The number of fused-ring (bicyclic) bond motifs is 12. The molecule has 0 N–H and O–H groups in total. The topological polar surface area (TPSA) is 22.2 Å². The number of aromatic nitrogens is 3. The molecule has 5 aromatic carbocycles. The van der Waals surface area contributed by atoms with Crippen LogP contribution < -0.4 is 0 Å². The molecule has 0 bridgehead atoms. The van der Waals surface area contributed by atoms with Crippen molar-refractivity contribution < 1.29 is 0 Å². The molecule has 0 spiro atoms. The average molecular weight is 510 g/mol. The Morgan fingerprint density at radius 2 is 1.07 bits per heavy atom. The van der Waals surface area contributed by atoms with Gasteiger partial charge in [-0.1, -0.05) is 103 Å². The van der Waals surface area contributed by atoms with Crippen LogP contribution in [0.3, 0.4) is 0 Å². The van der Waals surface area contributed by atoms with Crippen molar-refractivity contribution in [2.75, 3.05) is 0 Å². The molecule has 9 aromatic rings. The summed E-state index contributed by atoms with van der Waals surface area (Å²) in [5.74, 6) is 0. The van der Waals surface area contributed by atoms with Crippen LogP contribution in [-0.4, -0.2) is 14.0 Å². The fraction of sp³-hybridized carbons (Fsp3) is 0. The summed E-state index contributed by atoms with van der Waals surface area (Å²) in [4.78, 5) is 4.74. The van der Waals surface area contributed by atoms with Crippen molar-refractivity contribution in [2.24, 2.45) is 0 Å². The molecule has 0 amide bonds. The van der Waals surface area contributed by atoms with Crippen molar-refractivity contribution in [1.29, 1.82) is 0 Å². The van der Waals surface area contributed by atoms with E-state index in [9.17, 15) is 0 Å². The molecular formula is C37H23N3. The molecule has 0 saturated carbocycles. The van der Waals surface area contributed by atoms with E-state index in [0.717, 1.165) is 16.8 Å². The first-order valence-corrected chi connectivity index (χ1v) is 13.6. The zero-order valence-electron chi connectivity index (χ0n) is 21.6. The summed E-state index contributed by atoms with van der Waals surface area (Å²) in [5.41, 5.74) is 9.35. The number of rotatable bonds is 2. The normalized spacial score (nSPS) is 12.0. The van der Waals surface area contributed by atoms with Crippen LogP contribution in [-0.2, 0) is 0 Å². The van der Waals surface area contributed by atoms with Crippen molar-refractivity contribution in [3.8, 4) is 16.8 Å². The highest BCUT2D eigenvalue weighted by atomic mass is 15.0. The summed E-state index contributed by atoms with van der Waals surface area (Å²) in [6.45, 7) is 0. The summed E-state index contributed by atoms with van der Waals surface area (Å²) < 4.78 is 4.88. The maximum atomic E-state index is 4.74. The third kappa shape index (κ3) is 2.86. The molecule has 0 aliphatic heterocycles. The van der Waals surface area contributed by atoms with E-state index in [4.69, 9.17) is 4.98 Å². The van der Waals surface area contributed by atoms with Crippen LogP contribution in [0.2, 0.25) is 0 Å². The number of hydrogen-bond donors (Lipinski definition) is 0. The molecule has 186 valence electrons. The maximum absolute atomic E-state index is 4.74. The minimum absolute atomic E-state index is 1.05. The molecule has 0 unspecified atom stereocenters. The Bertz CT molecular complexity index is 2430. The van der Waals surface area contributed by atoms with Crippen LogP contribution in [0.15, 0.2) is 140 Å². The zero-order chi connectivity index (χ0) is 26.2. The van der Waals surface area contributed by atoms with E-state index >= 15 is 0 Å². The second-order valence-electron chi connectivity index (χ2n) is 10.5. The first-order chi connectivity index (χ1) is 19.9. The van der Waals surface area contributed by atoms with Crippen molar-refractivity contribution in [2.45, 2.75) is 0 Å². The van der Waals surface area contributed by atoms with Crippen LogP contribution in [0.25, 0.3) is 76.7 Å². The van der Waals surface area contributed by atoms with Crippen LogP contribution in [0.5, 0.6) is 0 Å². The molecule has 40 heavy (non-hydrogen) atoms. The quantitative estimate of drug-likeness (QED) is 0.213. The van der Waals surface area contributed by atoms with Gasteiger partial charge in [0.2, 0.25) is 0 Å². The van der Waals surface area contributed by atoms with E-state index in [0.29, 0.717) is 0 Å². The zero-order valence-corrected chi connectivity index (χ0v) is 21.6. The first kappa shape index (κ1) is 21.5. The minimum atomic E-state index is 1.05. The first-order valence-electron chi connectivity index (χ1n) is 13.6. The van der Waals surface area contributed by atoms with E-state index in [2.05, 4.69) is 136 Å². The molecule has 0 fully saturated rings. The Morgan fingerprint density at radius 1 is 0.425 bits per heavy atom. The van der Waals surface area contributed by atoms with Gasteiger partial charge < -0.3 is 8.97 Å². The molecule has 9 rings (SSSR count). The van der Waals surface area contributed by atoms with Gasteiger partial charge in [-0.3, -0.25) is 4.98 Å². The second kappa shape index (κ2) is 8.05. The number of hydrogen-bond acceptors (Lipinski definition) is 1. The third-order valence-corrected chi connectivity index (χ3v) is 8.33. The standard InChI is InChI=1S/C37H23N3/c1-2-10-24(11-3-1)26-20-27(23-38-22-26)39-34-17-9-7-15-30(34)32-19-18-31-28-13-5-6-14-29(28)35-21-25-12-4-8-16-33(25)40(35)37(31)36(32)39/h1-23H. The number of benzene rings is 5. The lowest BCUT2D eigenvalue weighted by Gasteiger charge is -2.15. The van der Waals surface area contributed by atoms with Crippen LogP contribution in [0, 0.1) is 0 Å². The summed E-state index contributed by atoms with van der Waals surface area (Å²) in [7, 11) is 0. The molecule has 3 heteroatoms. The number of para-hydroxylation sites is 2. The largest absolute Gasteiger partial charge is 0.307 e. The predicted molar refractivity (Wildman–Crippen MR) is 167 cm³/mol. The third-order valence-electron chi connectivity index (χ3n) is 8.33. The van der Waals surface area contributed by atoms with Gasteiger partial charge in [0, 0.05) is 38.7 Å². The Hall–Kier alpha value is -5.41. The van der Waals surface area contributed by atoms with Gasteiger partial charge in [0.05, 0.1) is 39.5 Å². The summed E-state index contributed by atoms with van der Waals surface area (Å²) in [6.07, 6.45) is 3.94. The fourth-order valence-corrected chi connectivity index (χ4v) is 6.63. The SMILES string of the molecule is c1ccc(-c2cncc(-n3c4ccccc4c4ccc5c6ccccc6c6cc7ccccc7n6c5c43)c2)cc1. The van der Waals surface area contributed by atoms with Gasteiger partial charge in [-0.2, -0.15) is 0 Å². The van der Waals surface area contributed by atoms with Gasteiger partial charge in [0.15, 0.2) is 0 Å². The highest BCUT2D eigenvalue weighted by Gasteiger charge is 2.20. The lowest BCUT2D eigenvalue weighted by Crippen LogP contribution is -1.99. The van der Waals surface area contributed by atoms with Gasteiger partial charge in [0.1, 0.15) is 0 Å². The Kier molecular flexibility index (Phi) is 4.33. The smallest absolute Gasteiger partial charge is 0.0789 e. The van der Waals surface area contributed by atoms with Crippen molar-refractivity contribution in [3.63, 3.8) is 0 Å². The number of nitrogens with zero attached hydrogens (tertiary/aromatic N) is 3. The van der Waals surface area contributed by atoms with Crippen LogP contribution in [0.4, 0.5) is 0 Å². The van der Waals surface area contributed by atoms with Gasteiger partial charge in [-0.25, -0.2) is 0 Å². The molecule has 0 atom stereocenters. The van der Waals surface area contributed by atoms with E-state index in [-0.39, 0.29) is 0 Å². The van der Waals surface area contributed by atoms with E-state index < -0.39 is 0 Å². The van der Waals surface area contributed by atoms with E-state index in [1.165, 1.54) is 59.9 Å². The maximum Gasteiger partial charge on any atom is 0.0789 e. The molecule has 3 nitrogen and oxygen atoms in total. The Labute approximate surface area is 230 Å². The fourth-order valence-electron chi connectivity index (χ4n) is 6.63. The predicted octanol–water partition coefficient (Wildman–Crippen LogP) is 9.56. The highest BCUT2D eigenvalue weighted by Crippen LogP contribution is 2.41. The molecule has 4 aromatic heterocycles. The van der Waals surface area contributed by atoms with Gasteiger partial charge in [-0.05, 0) is 35.2 Å². The van der Waals surface area contributed by atoms with Crippen molar-refractivity contribution in [3.05, 3.63) is 140 Å². The second-order valence-corrected chi connectivity index (χ2v) is 10.5. The number of pyridine rings is 2. The van der Waals surface area contributed by atoms with Crippen LogP contribution >= 0.6 is 0 Å². The highest BCUT2D eigenvalue weighted by molar-refractivity contribution is 6.25. The molecule has 4 heterocycles. The van der Waals surface area contributed by atoms with Gasteiger partial charge in [-0.15, -0.1) is 0 Å². The lowest BCUT2D eigenvalue weighted by molar-refractivity contribution is 1.14. The minimum Gasteiger partial charge on any atom is -0.307 e. The molecule has 0 aliphatic rings. The molecular weight excluding hydrogens is 486 g/mol. The average Bonchev–Trinajstić information content (AvgIpc) is 3.58. The van der Waals surface area contributed by atoms with Gasteiger partial charge >= 0.3 is 0 Å². The van der Waals surface area contributed by atoms with E-state index in [1.807, 2.05) is 12.4 Å².